The van der Waals surface area contributed by atoms with Gasteiger partial charge in [-0.05, 0) is 74.0 Å². The molecule has 200 valence electrons. The molecule has 0 amide bonds. The normalized spacial score (nSPS) is 36.8. The molecule has 6 rings (SSSR count). The molecule has 3 fully saturated rings. The van der Waals surface area contributed by atoms with Crippen LogP contribution in [0.25, 0.3) is 0 Å². The molecule has 1 aromatic heterocycles. The highest BCUT2D eigenvalue weighted by Crippen LogP contribution is 2.66. The highest BCUT2D eigenvalue weighted by molar-refractivity contribution is 7.11. The van der Waals surface area contributed by atoms with Gasteiger partial charge in [0.2, 0.25) is 0 Å². The van der Waals surface area contributed by atoms with Crippen LogP contribution in [0.1, 0.15) is 86.9 Å². The molecule has 4 aliphatic carbocycles. The van der Waals surface area contributed by atoms with Crippen LogP contribution < -0.4 is 4.57 Å². The first-order valence-corrected chi connectivity index (χ1v) is 14.7. The van der Waals surface area contributed by atoms with E-state index >= 15 is 0 Å². The molecule has 0 aliphatic heterocycles. The van der Waals surface area contributed by atoms with Crippen molar-refractivity contribution in [3.63, 3.8) is 0 Å². The second-order valence-electron chi connectivity index (χ2n) is 12.6. The first kappa shape index (κ1) is 25.4. The molecular formula is C30H37F3NO2S+. The van der Waals surface area contributed by atoms with Gasteiger partial charge in [-0.25, -0.2) is 0 Å². The largest absolute Gasteiger partial charge is 0.488 e. The van der Waals surface area contributed by atoms with Crippen molar-refractivity contribution >= 4 is 17.3 Å². The van der Waals surface area contributed by atoms with E-state index in [1.165, 1.54) is 6.92 Å². The van der Waals surface area contributed by atoms with E-state index in [1.807, 2.05) is 30.3 Å². The van der Waals surface area contributed by atoms with Crippen molar-refractivity contribution in [3.05, 3.63) is 51.5 Å². The first-order chi connectivity index (χ1) is 17.5. The maximum absolute atomic E-state index is 14.2. The Morgan fingerprint density at radius 3 is 2.54 bits per heavy atom. The van der Waals surface area contributed by atoms with Gasteiger partial charge in [0.25, 0.3) is 0 Å². The summed E-state index contributed by atoms with van der Waals surface area (Å²) in [6.45, 7) is 6.49. The van der Waals surface area contributed by atoms with E-state index in [0.717, 1.165) is 78.8 Å². The number of alkyl halides is 3. The van der Waals surface area contributed by atoms with Gasteiger partial charge >= 0.3 is 17.2 Å². The third-order valence-electron chi connectivity index (χ3n) is 10.7. The van der Waals surface area contributed by atoms with Gasteiger partial charge in [-0.1, -0.05) is 55.5 Å². The van der Waals surface area contributed by atoms with Gasteiger partial charge in [-0.3, -0.25) is 4.79 Å². The Morgan fingerprint density at radius 1 is 1.08 bits per heavy atom. The monoisotopic (exact) mass is 532 g/mol. The fourth-order valence-corrected chi connectivity index (χ4v) is 10.4. The molecule has 0 N–H and O–H groups in total. The number of thiazole rings is 1. The molecule has 0 radical (unpaired) electrons. The van der Waals surface area contributed by atoms with E-state index in [0.29, 0.717) is 23.7 Å². The first-order valence-electron chi connectivity index (χ1n) is 13.8. The van der Waals surface area contributed by atoms with E-state index in [-0.39, 0.29) is 29.4 Å². The number of benzene rings is 1. The van der Waals surface area contributed by atoms with Gasteiger partial charge in [0.05, 0.1) is 4.88 Å². The molecule has 37 heavy (non-hydrogen) atoms. The average molecular weight is 533 g/mol. The fourth-order valence-electron chi connectivity index (χ4n) is 9.00. The topological polar surface area (TPSA) is 30.2 Å². The third-order valence-corrected chi connectivity index (χ3v) is 12.3. The summed E-state index contributed by atoms with van der Waals surface area (Å²) in [4.78, 5) is 12.5. The molecule has 1 aromatic carbocycles. The van der Waals surface area contributed by atoms with Crippen LogP contribution >= 0.6 is 11.3 Å². The summed E-state index contributed by atoms with van der Waals surface area (Å²) in [5, 5.41) is -0.456. The highest BCUT2D eigenvalue weighted by Gasteiger charge is 2.63. The third kappa shape index (κ3) is 4.06. The smallest absolute Gasteiger partial charge is 0.463 e. The number of aromatic nitrogens is 1. The van der Waals surface area contributed by atoms with Crippen molar-refractivity contribution in [1.29, 1.82) is 0 Å². The van der Waals surface area contributed by atoms with Crippen LogP contribution in [0, 0.1) is 29.1 Å². The number of esters is 1. The lowest BCUT2D eigenvalue weighted by Gasteiger charge is -2.60. The predicted molar refractivity (Wildman–Crippen MR) is 136 cm³/mol. The van der Waals surface area contributed by atoms with E-state index < -0.39 is 11.2 Å². The molecular weight excluding hydrogens is 495 g/mol. The fraction of sp³-hybridized carbons (Fsp3) is 0.667. The maximum atomic E-state index is 14.2. The number of fused-ring (bicyclic) bond motifs is 7. The molecule has 1 heterocycles. The van der Waals surface area contributed by atoms with Crippen molar-refractivity contribution in [2.75, 3.05) is 0 Å². The molecule has 4 aliphatic rings. The lowest BCUT2D eigenvalue weighted by atomic mass is 9.45. The van der Waals surface area contributed by atoms with Gasteiger partial charge in [0, 0.05) is 24.3 Å². The molecule has 3 nitrogen and oxygen atoms in total. The SMILES string of the molecule is CC(=O)O[C@H]1CC[C@@]2(C)[C@@H](CC[C@@H]3[C@@H]2CC[C@]2(C)c4sc(C(F)(F)F)[n+](Cc5ccccc5)c4C[C@@H]32)C1. The van der Waals surface area contributed by atoms with Gasteiger partial charge < -0.3 is 4.74 Å². The Kier molecular flexibility index (Phi) is 6.05. The van der Waals surface area contributed by atoms with Crippen molar-refractivity contribution < 1.29 is 27.3 Å². The molecule has 0 bridgehead atoms. The predicted octanol–water partition coefficient (Wildman–Crippen LogP) is 7.09. The second kappa shape index (κ2) is 8.82. The number of hydrogen-bond acceptors (Lipinski definition) is 3. The van der Waals surface area contributed by atoms with Crippen molar-refractivity contribution in [1.82, 2.24) is 0 Å². The van der Waals surface area contributed by atoms with E-state index in [2.05, 4.69) is 13.8 Å². The summed E-state index contributed by atoms with van der Waals surface area (Å²) in [6.07, 6.45) is 3.72. The van der Waals surface area contributed by atoms with E-state index in [4.69, 9.17) is 4.74 Å². The van der Waals surface area contributed by atoms with Crippen molar-refractivity contribution in [3.8, 4) is 0 Å². The van der Waals surface area contributed by atoms with Gasteiger partial charge in [-0.2, -0.15) is 17.7 Å². The number of halogens is 3. The summed E-state index contributed by atoms with van der Waals surface area (Å²) in [5.74, 6) is 1.92. The number of rotatable bonds is 3. The minimum atomic E-state index is -4.35. The Labute approximate surface area is 221 Å². The van der Waals surface area contributed by atoms with Crippen molar-refractivity contribution in [2.45, 2.75) is 96.4 Å². The van der Waals surface area contributed by atoms with Crippen LogP contribution in [0.5, 0.6) is 0 Å². The van der Waals surface area contributed by atoms with Crippen LogP contribution in [0.3, 0.4) is 0 Å². The Bertz CT molecular complexity index is 1190. The lowest BCUT2D eigenvalue weighted by molar-refractivity contribution is -0.708. The maximum Gasteiger partial charge on any atom is 0.488 e. The van der Waals surface area contributed by atoms with E-state index in [1.54, 1.807) is 4.57 Å². The van der Waals surface area contributed by atoms with Gasteiger partial charge in [-0.15, -0.1) is 0 Å². The zero-order chi connectivity index (χ0) is 26.2. The highest BCUT2D eigenvalue weighted by atomic mass is 32.1. The van der Waals surface area contributed by atoms with Gasteiger partial charge in [0.1, 0.15) is 6.10 Å². The standard InChI is InChI=1S/C30H37F3NO2S/c1-18(35)36-21-11-13-28(2)20(15-21)9-10-22-23(28)12-14-29(3)24(22)16-25-26(29)37-27(30(31,32)33)34(25)17-19-7-5-4-6-8-19/h4-8,20-24H,9-17H2,1-3H3/q+1/t20-,21-,22+,23-,24-,28-,29-/m0/s1. The molecule has 7 heteroatoms. The molecule has 3 saturated carbocycles. The molecule has 7 atom stereocenters. The van der Waals surface area contributed by atoms with Gasteiger partial charge in [0.15, 0.2) is 12.2 Å². The average Bonchev–Trinajstić information content (AvgIpc) is 3.34. The van der Waals surface area contributed by atoms with Crippen LogP contribution in [0.4, 0.5) is 13.2 Å². The zero-order valence-corrected chi connectivity index (χ0v) is 22.8. The lowest BCUT2D eigenvalue weighted by Crippen LogP contribution is -2.54. The summed E-state index contributed by atoms with van der Waals surface area (Å²) in [6, 6.07) is 9.55. The zero-order valence-electron chi connectivity index (χ0n) is 21.9. The van der Waals surface area contributed by atoms with Crippen LogP contribution in [-0.2, 0) is 34.1 Å². The van der Waals surface area contributed by atoms with Crippen LogP contribution in [-0.4, -0.2) is 12.1 Å². The quantitative estimate of drug-likeness (QED) is 0.312. The number of carbonyl (C=O) groups excluding carboxylic acids is 1. The Morgan fingerprint density at radius 2 is 1.84 bits per heavy atom. The number of carbonyl (C=O) groups is 1. The summed E-state index contributed by atoms with van der Waals surface area (Å²) in [5.41, 5.74) is 1.89. The second-order valence-corrected chi connectivity index (χ2v) is 13.6. The molecule has 0 saturated heterocycles. The summed E-state index contributed by atoms with van der Waals surface area (Å²) in [7, 11) is 0. The number of nitrogens with zero attached hydrogens (tertiary/aromatic N) is 1. The minimum Gasteiger partial charge on any atom is -0.463 e. The molecule has 0 spiro atoms. The van der Waals surface area contributed by atoms with E-state index in [9.17, 15) is 18.0 Å². The van der Waals surface area contributed by atoms with Crippen molar-refractivity contribution in [2.24, 2.45) is 29.1 Å². The molecule has 2 aromatic rings. The van der Waals surface area contributed by atoms with Crippen LogP contribution in [0.15, 0.2) is 30.3 Å². The molecule has 0 unspecified atom stereocenters. The minimum absolute atomic E-state index is 0.0391. The number of ether oxygens (including phenoxy) is 1. The van der Waals surface area contributed by atoms with Crippen LogP contribution in [0.2, 0.25) is 0 Å². The summed E-state index contributed by atoms with van der Waals surface area (Å²) < 4.78 is 49.9. The Hall–Kier alpha value is -1.89. The Balaban J connectivity index is 1.31. The summed E-state index contributed by atoms with van der Waals surface area (Å²) >= 11 is 1.02. The number of hydrogen-bond donors (Lipinski definition) is 0.